The Morgan fingerprint density at radius 3 is 2.60 bits per heavy atom. The fourth-order valence-electron chi connectivity index (χ4n) is 1.34. The van der Waals surface area contributed by atoms with E-state index in [0.717, 1.165) is 17.5 Å². The summed E-state index contributed by atoms with van der Waals surface area (Å²) in [6.07, 6.45) is 8.58. The molecule has 0 heterocycles. The molecule has 0 saturated carbocycles. The van der Waals surface area contributed by atoms with Crippen LogP contribution in [0.4, 0.5) is 0 Å². The van der Waals surface area contributed by atoms with E-state index in [0.29, 0.717) is 13.2 Å². The minimum absolute atomic E-state index is 0.672. The van der Waals surface area contributed by atoms with Gasteiger partial charge in [-0.2, -0.15) is 0 Å². The average molecular weight is 206 g/mol. The third kappa shape index (κ3) is 12.0. The first-order valence-electron chi connectivity index (χ1n) is 6.18. The number of ether oxygens (including phenoxy) is 2. The van der Waals surface area contributed by atoms with E-state index in [-0.39, 0.29) is 0 Å². The van der Waals surface area contributed by atoms with E-state index in [1.165, 1.54) is 25.7 Å². The van der Waals surface area contributed by atoms with E-state index in [1.807, 2.05) is 24.6 Å². The first-order chi connectivity index (χ1) is 7.31. The van der Waals surface area contributed by atoms with Gasteiger partial charge in [-0.05, 0) is 0 Å². The van der Waals surface area contributed by atoms with Gasteiger partial charge in [0.05, 0.1) is 0 Å². The maximum atomic E-state index is 5.49. The molecule has 0 unspecified atom stereocenters. The molecular weight excluding hydrogens is 183 g/mol. The van der Waals surface area contributed by atoms with Crippen molar-refractivity contribution in [3.63, 3.8) is 0 Å². The first kappa shape index (κ1) is 15.1. The molecule has 0 aromatic rings. The normalized spacial score (nSPS) is 11.9. The van der Waals surface area contributed by atoms with Crippen LogP contribution in [0, 0.1) is 0 Å². The molecule has 0 spiro atoms. The fraction of sp³-hybridized carbons (Fsp3) is 0.833. The molecule has 0 rings (SSSR count). The van der Waals surface area contributed by atoms with Crippen molar-refractivity contribution in [2.45, 2.75) is 46.0 Å². The predicted octanol–water partition coefficient (Wildman–Crippen LogP) is 3.02. The van der Waals surface area contributed by atoms with E-state index in [1.54, 1.807) is 0 Å². The molecule has 84 valence electrons. The maximum absolute atomic E-state index is 5.49. The summed E-state index contributed by atoms with van der Waals surface area (Å²) in [7, 11) is 0. The molecule has 0 aromatic heterocycles. The van der Waals surface area contributed by atoms with Gasteiger partial charge in [0.1, 0.15) is 0 Å². The van der Waals surface area contributed by atoms with Gasteiger partial charge in [-0.15, -0.1) is 0 Å². The molecule has 0 saturated heterocycles. The van der Waals surface area contributed by atoms with Crippen molar-refractivity contribution in [2.24, 2.45) is 0 Å². The average Bonchev–Trinajstić information content (AvgIpc) is 2.24. The Balaban J connectivity index is 3.27. The van der Waals surface area contributed by atoms with Crippen molar-refractivity contribution in [2.75, 3.05) is 19.8 Å². The van der Waals surface area contributed by atoms with Gasteiger partial charge in [0.2, 0.25) is 0 Å². The summed E-state index contributed by atoms with van der Waals surface area (Å²) in [6, 6.07) is 0. The third-order valence-corrected chi connectivity index (χ3v) is 2.25. The molecule has 0 aliphatic rings. The van der Waals surface area contributed by atoms with Crippen LogP contribution in [-0.2, 0) is 9.47 Å². The molecule has 0 amide bonds. The predicted molar refractivity (Wildman–Crippen MR) is 65.0 cm³/mol. The molecular formula is C12H23LiO2. The van der Waals surface area contributed by atoms with Crippen LogP contribution in [0.3, 0.4) is 0 Å². The Kier molecular flexibility index (Phi) is 12.2. The molecule has 0 atom stereocenters. The molecule has 0 aromatic carbocycles. The molecule has 0 aliphatic heterocycles. The van der Waals surface area contributed by atoms with Gasteiger partial charge >= 0.3 is 103 Å². The van der Waals surface area contributed by atoms with Gasteiger partial charge in [-0.3, -0.25) is 0 Å². The molecule has 2 nitrogen and oxygen atoms in total. The van der Waals surface area contributed by atoms with E-state index in [2.05, 4.69) is 13.0 Å². The van der Waals surface area contributed by atoms with Gasteiger partial charge in [0, 0.05) is 0 Å². The Morgan fingerprint density at radius 1 is 1.13 bits per heavy atom. The van der Waals surface area contributed by atoms with E-state index in [4.69, 9.17) is 9.47 Å². The number of allylic oxidation sites excluding steroid dienone is 1. The summed E-state index contributed by atoms with van der Waals surface area (Å²) in [5, 5.41) is 0. The van der Waals surface area contributed by atoms with Gasteiger partial charge in [0.25, 0.3) is 0 Å². The molecule has 3 heteroatoms. The van der Waals surface area contributed by atoms with Crippen LogP contribution in [0.1, 0.15) is 46.0 Å². The SMILES string of the molecule is [Li]/[C](=C\CCCCCC)OCCOCC. The van der Waals surface area contributed by atoms with Crippen LogP contribution < -0.4 is 0 Å². The van der Waals surface area contributed by atoms with E-state index in [9.17, 15) is 0 Å². The molecule has 0 radical (unpaired) electrons. The summed E-state index contributed by atoms with van der Waals surface area (Å²) in [6.45, 7) is 6.36. The zero-order valence-corrected chi connectivity index (χ0v) is 10.6. The summed E-state index contributed by atoms with van der Waals surface area (Å²) >= 11 is 2.02. The number of hydrogen-bond acceptors (Lipinski definition) is 2. The molecule has 0 fully saturated rings. The van der Waals surface area contributed by atoms with Crippen molar-refractivity contribution in [3.05, 3.63) is 10.5 Å². The topological polar surface area (TPSA) is 18.5 Å². The fourth-order valence-corrected chi connectivity index (χ4v) is 1.34. The Bertz CT molecular complexity index is 158. The van der Waals surface area contributed by atoms with Crippen LogP contribution in [0.25, 0.3) is 0 Å². The van der Waals surface area contributed by atoms with Gasteiger partial charge in [-0.1, -0.05) is 0 Å². The van der Waals surface area contributed by atoms with Gasteiger partial charge in [-0.25, -0.2) is 0 Å². The molecule has 0 aliphatic carbocycles. The second-order valence-electron chi connectivity index (χ2n) is 3.71. The van der Waals surface area contributed by atoms with Gasteiger partial charge in [0.15, 0.2) is 0 Å². The Morgan fingerprint density at radius 2 is 1.93 bits per heavy atom. The van der Waals surface area contributed by atoms with Crippen molar-refractivity contribution in [3.8, 4) is 0 Å². The minimum atomic E-state index is 0.672. The van der Waals surface area contributed by atoms with Crippen molar-refractivity contribution < 1.29 is 9.47 Å². The standard InChI is InChI=1S/C12H23O2.Li/c1-3-5-6-7-8-9-10-14-12-11-13-4-2;/h9H,3-8,11-12H2,1-2H3;. The molecule has 0 bridgehead atoms. The zero-order chi connectivity index (χ0) is 11.4. The Labute approximate surface area is 104 Å². The van der Waals surface area contributed by atoms with Crippen LogP contribution >= 0.6 is 0 Å². The number of unbranched alkanes of at least 4 members (excludes halogenated alkanes) is 4. The third-order valence-electron chi connectivity index (χ3n) is 2.25. The number of rotatable bonds is 10. The summed E-state index contributed by atoms with van der Waals surface area (Å²) in [4.78, 5) is 0. The van der Waals surface area contributed by atoms with Crippen molar-refractivity contribution in [1.29, 1.82) is 0 Å². The summed E-state index contributed by atoms with van der Waals surface area (Å²) in [5.41, 5.74) is 0. The van der Waals surface area contributed by atoms with Gasteiger partial charge < -0.3 is 0 Å². The van der Waals surface area contributed by atoms with Crippen LogP contribution in [0.5, 0.6) is 0 Å². The molecule has 0 N–H and O–H groups in total. The second-order valence-corrected chi connectivity index (χ2v) is 3.71. The monoisotopic (exact) mass is 206 g/mol. The summed E-state index contributed by atoms with van der Waals surface area (Å²) in [5.74, 6) is 0. The quantitative estimate of drug-likeness (QED) is 0.311. The first-order valence-corrected chi connectivity index (χ1v) is 6.18. The molecule has 15 heavy (non-hydrogen) atoms. The van der Waals surface area contributed by atoms with E-state index < -0.39 is 0 Å². The van der Waals surface area contributed by atoms with Crippen LogP contribution in [-0.4, -0.2) is 37.5 Å². The van der Waals surface area contributed by atoms with Crippen LogP contribution in [0.2, 0.25) is 0 Å². The van der Waals surface area contributed by atoms with Crippen molar-refractivity contribution >= 4 is 17.7 Å². The number of hydrogen-bond donors (Lipinski definition) is 0. The second kappa shape index (κ2) is 12.2. The zero-order valence-electron chi connectivity index (χ0n) is 10.6. The Hall–Kier alpha value is 0.0974. The van der Waals surface area contributed by atoms with E-state index >= 15 is 0 Å². The summed E-state index contributed by atoms with van der Waals surface area (Å²) < 4.78 is 11.7. The van der Waals surface area contributed by atoms with Crippen molar-refractivity contribution in [1.82, 2.24) is 0 Å². The van der Waals surface area contributed by atoms with Crippen LogP contribution in [0.15, 0.2) is 10.5 Å².